The molecule has 2 aromatic carbocycles. The molecule has 0 spiro atoms. The lowest BCUT2D eigenvalue weighted by Crippen LogP contribution is -2.14. The van der Waals surface area contributed by atoms with E-state index in [0.29, 0.717) is 0 Å². The summed E-state index contributed by atoms with van der Waals surface area (Å²) in [6, 6.07) is 19.4. The van der Waals surface area contributed by atoms with Crippen LogP contribution in [0, 0.1) is 0 Å². The summed E-state index contributed by atoms with van der Waals surface area (Å²) < 4.78 is 2.38. The van der Waals surface area contributed by atoms with E-state index in [1.807, 2.05) is 0 Å². The molecule has 3 rings (SSSR count). The highest BCUT2D eigenvalue weighted by Crippen LogP contribution is 2.23. The maximum atomic E-state index is 3.41. The number of nitrogens with one attached hydrogen (secondary N) is 1. The van der Waals surface area contributed by atoms with Crippen molar-refractivity contribution in [2.45, 2.75) is 26.3 Å². The molecule has 0 saturated carbocycles. The SMILES string of the molecule is CCNCCCc1cn(Cc2ccccc2)c2ccccc12. The number of aryl methyl sites for hydroxylation is 1. The first kappa shape index (κ1) is 14.9. The van der Waals surface area contributed by atoms with Gasteiger partial charge in [-0.25, -0.2) is 0 Å². The Morgan fingerprint density at radius 3 is 2.55 bits per heavy atom. The molecule has 22 heavy (non-hydrogen) atoms. The first-order valence-corrected chi connectivity index (χ1v) is 8.20. The van der Waals surface area contributed by atoms with Crippen LogP contribution in [-0.4, -0.2) is 17.7 Å². The summed E-state index contributed by atoms with van der Waals surface area (Å²) in [5.74, 6) is 0. The average Bonchev–Trinajstić information content (AvgIpc) is 2.91. The minimum absolute atomic E-state index is 0.939. The zero-order chi connectivity index (χ0) is 15.2. The van der Waals surface area contributed by atoms with E-state index in [4.69, 9.17) is 0 Å². The van der Waals surface area contributed by atoms with Crippen LogP contribution in [-0.2, 0) is 13.0 Å². The molecule has 2 nitrogen and oxygen atoms in total. The third kappa shape index (κ3) is 3.40. The molecule has 1 aromatic heterocycles. The quantitative estimate of drug-likeness (QED) is 0.645. The molecule has 1 N–H and O–H groups in total. The summed E-state index contributed by atoms with van der Waals surface area (Å²) >= 11 is 0. The van der Waals surface area contributed by atoms with Gasteiger partial charge in [-0.2, -0.15) is 0 Å². The van der Waals surface area contributed by atoms with Gasteiger partial charge in [0.05, 0.1) is 0 Å². The largest absolute Gasteiger partial charge is 0.343 e. The van der Waals surface area contributed by atoms with E-state index >= 15 is 0 Å². The van der Waals surface area contributed by atoms with Gasteiger partial charge in [-0.3, -0.25) is 0 Å². The molecule has 0 aliphatic heterocycles. The van der Waals surface area contributed by atoms with Crippen molar-refractivity contribution in [3.05, 3.63) is 71.9 Å². The Balaban J connectivity index is 1.84. The molecule has 0 aliphatic rings. The Hall–Kier alpha value is -2.06. The van der Waals surface area contributed by atoms with Crippen LogP contribution >= 0.6 is 0 Å². The van der Waals surface area contributed by atoms with Crippen molar-refractivity contribution in [2.75, 3.05) is 13.1 Å². The molecule has 0 atom stereocenters. The van der Waals surface area contributed by atoms with Gasteiger partial charge in [0.15, 0.2) is 0 Å². The lowest BCUT2D eigenvalue weighted by atomic mass is 10.1. The summed E-state index contributed by atoms with van der Waals surface area (Å²) in [7, 11) is 0. The lowest BCUT2D eigenvalue weighted by molar-refractivity contribution is 0.672. The Labute approximate surface area is 132 Å². The number of benzene rings is 2. The number of hydrogen-bond donors (Lipinski definition) is 1. The van der Waals surface area contributed by atoms with Crippen LogP contribution in [0.3, 0.4) is 0 Å². The van der Waals surface area contributed by atoms with E-state index in [-0.39, 0.29) is 0 Å². The van der Waals surface area contributed by atoms with Crippen molar-refractivity contribution < 1.29 is 0 Å². The number of aromatic nitrogens is 1. The molecule has 0 radical (unpaired) electrons. The predicted molar refractivity (Wildman–Crippen MR) is 94.3 cm³/mol. The lowest BCUT2D eigenvalue weighted by Gasteiger charge is -2.05. The molecule has 3 aromatic rings. The molecular weight excluding hydrogens is 268 g/mol. The Kier molecular flexibility index (Phi) is 4.92. The summed E-state index contributed by atoms with van der Waals surface area (Å²) in [5.41, 5.74) is 4.15. The second-order valence-electron chi connectivity index (χ2n) is 5.74. The fraction of sp³-hybridized carbons (Fsp3) is 0.300. The molecule has 0 bridgehead atoms. The van der Waals surface area contributed by atoms with Gasteiger partial charge in [0, 0.05) is 23.6 Å². The number of rotatable bonds is 7. The van der Waals surface area contributed by atoms with Crippen molar-refractivity contribution in [3.8, 4) is 0 Å². The smallest absolute Gasteiger partial charge is 0.0486 e. The molecule has 0 amide bonds. The predicted octanol–water partition coefficient (Wildman–Crippen LogP) is 4.23. The van der Waals surface area contributed by atoms with Gasteiger partial charge in [-0.05, 0) is 43.1 Å². The highest BCUT2D eigenvalue weighted by molar-refractivity contribution is 5.84. The molecular formula is C20H24N2. The van der Waals surface area contributed by atoms with E-state index in [9.17, 15) is 0 Å². The third-order valence-electron chi connectivity index (χ3n) is 4.12. The Morgan fingerprint density at radius 2 is 1.73 bits per heavy atom. The van der Waals surface area contributed by atoms with Gasteiger partial charge < -0.3 is 9.88 Å². The topological polar surface area (TPSA) is 17.0 Å². The van der Waals surface area contributed by atoms with E-state index in [1.165, 1.54) is 28.5 Å². The molecule has 2 heteroatoms. The third-order valence-corrected chi connectivity index (χ3v) is 4.12. The van der Waals surface area contributed by atoms with Crippen LogP contribution in [0.1, 0.15) is 24.5 Å². The average molecular weight is 292 g/mol. The first-order valence-electron chi connectivity index (χ1n) is 8.20. The van der Waals surface area contributed by atoms with Crippen LogP contribution in [0.2, 0.25) is 0 Å². The van der Waals surface area contributed by atoms with Gasteiger partial charge in [0.1, 0.15) is 0 Å². The second-order valence-corrected chi connectivity index (χ2v) is 5.74. The van der Waals surface area contributed by atoms with Crippen LogP contribution in [0.25, 0.3) is 10.9 Å². The van der Waals surface area contributed by atoms with Gasteiger partial charge in [0.2, 0.25) is 0 Å². The number of fused-ring (bicyclic) bond motifs is 1. The Morgan fingerprint density at radius 1 is 0.955 bits per heavy atom. The summed E-state index contributed by atoms with van der Waals surface area (Å²) in [6.45, 7) is 5.24. The fourth-order valence-corrected chi connectivity index (χ4v) is 3.01. The van der Waals surface area contributed by atoms with Gasteiger partial charge in [0.25, 0.3) is 0 Å². The van der Waals surface area contributed by atoms with Gasteiger partial charge in [-0.15, -0.1) is 0 Å². The molecule has 0 saturated heterocycles. The minimum atomic E-state index is 0.939. The highest BCUT2D eigenvalue weighted by atomic mass is 15.0. The molecule has 0 fully saturated rings. The highest BCUT2D eigenvalue weighted by Gasteiger charge is 2.08. The normalized spacial score (nSPS) is 11.1. The molecule has 114 valence electrons. The number of para-hydroxylation sites is 1. The first-order chi connectivity index (χ1) is 10.9. The van der Waals surface area contributed by atoms with Crippen molar-refractivity contribution >= 4 is 10.9 Å². The summed E-state index contributed by atoms with van der Waals surface area (Å²) in [5, 5.41) is 4.80. The van der Waals surface area contributed by atoms with Crippen LogP contribution in [0.15, 0.2) is 60.8 Å². The van der Waals surface area contributed by atoms with E-state index in [2.05, 4.69) is 77.6 Å². The van der Waals surface area contributed by atoms with Gasteiger partial charge in [-0.1, -0.05) is 55.5 Å². The van der Waals surface area contributed by atoms with E-state index in [1.54, 1.807) is 0 Å². The molecule has 1 heterocycles. The van der Waals surface area contributed by atoms with E-state index in [0.717, 1.165) is 26.1 Å². The fourth-order valence-electron chi connectivity index (χ4n) is 3.01. The standard InChI is InChI=1S/C20H24N2/c1-2-21-14-8-11-18-16-22(15-17-9-4-3-5-10-17)20-13-7-6-12-19(18)20/h3-7,9-10,12-13,16,21H,2,8,11,14-15H2,1H3. The Bertz CT molecular complexity index is 713. The second kappa shape index (κ2) is 7.28. The number of nitrogens with zero attached hydrogens (tertiary/aromatic N) is 1. The zero-order valence-corrected chi connectivity index (χ0v) is 13.3. The monoisotopic (exact) mass is 292 g/mol. The van der Waals surface area contributed by atoms with Crippen LogP contribution in [0.4, 0.5) is 0 Å². The van der Waals surface area contributed by atoms with Crippen molar-refractivity contribution in [2.24, 2.45) is 0 Å². The van der Waals surface area contributed by atoms with Crippen LogP contribution in [0.5, 0.6) is 0 Å². The maximum Gasteiger partial charge on any atom is 0.0486 e. The molecule has 0 aliphatic carbocycles. The minimum Gasteiger partial charge on any atom is -0.343 e. The maximum absolute atomic E-state index is 3.41. The van der Waals surface area contributed by atoms with Crippen molar-refractivity contribution in [1.29, 1.82) is 0 Å². The summed E-state index contributed by atoms with van der Waals surface area (Å²) in [6.07, 6.45) is 4.66. The summed E-state index contributed by atoms with van der Waals surface area (Å²) in [4.78, 5) is 0. The van der Waals surface area contributed by atoms with Crippen LogP contribution < -0.4 is 5.32 Å². The zero-order valence-electron chi connectivity index (χ0n) is 13.3. The number of hydrogen-bond acceptors (Lipinski definition) is 1. The van der Waals surface area contributed by atoms with E-state index < -0.39 is 0 Å². The van der Waals surface area contributed by atoms with Crippen molar-refractivity contribution in [3.63, 3.8) is 0 Å². The van der Waals surface area contributed by atoms with Gasteiger partial charge >= 0.3 is 0 Å². The molecule has 0 unspecified atom stereocenters. The van der Waals surface area contributed by atoms with Crippen molar-refractivity contribution in [1.82, 2.24) is 9.88 Å².